The molecule has 2 nitrogen and oxygen atoms in total. The molecular weight excluding hydrogens is 260 g/mol. The first-order valence-electron chi connectivity index (χ1n) is 5.29. The third-order valence-electron chi connectivity index (χ3n) is 2.56. The summed E-state index contributed by atoms with van der Waals surface area (Å²) in [5.41, 5.74) is 0.633. The lowest BCUT2D eigenvalue weighted by Gasteiger charge is -2.11. The van der Waals surface area contributed by atoms with Crippen LogP contribution in [0.1, 0.15) is 17.2 Å². The van der Waals surface area contributed by atoms with Gasteiger partial charge in [0.1, 0.15) is 16.8 Å². The van der Waals surface area contributed by atoms with Crippen molar-refractivity contribution in [3.63, 3.8) is 0 Å². The molecule has 5 heteroatoms. The van der Waals surface area contributed by atoms with Crippen LogP contribution in [0.4, 0.5) is 8.78 Å². The van der Waals surface area contributed by atoms with Gasteiger partial charge >= 0.3 is 0 Å². The molecule has 18 heavy (non-hydrogen) atoms. The molecule has 0 spiro atoms. The lowest BCUT2D eigenvalue weighted by Crippen LogP contribution is -2.04. The van der Waals surface area contributed by atoms with Crippen LogP contribution < -0.4 is 0 Å². The molecule has 1 N–H and O–H groups in total. The van der Waals surface area contributed by atoms with Gasteiger partial charge in [-0.15, -0.1) is 0 Å². The number of hydrogen-bond acceptors (Lipinski definition) is 2. The van der Waals surface area contributed by atoms with E-state index in [1.54, 1.807) is 6.07 Å². The summed E-state index contributed by atoms with van der Waals surface area (Å²) in [5, 5.41) is 10.2. The number of aromatic nitrogens is 1. The highest BCUT2D eigenvalue weighted by Crippen LogP contribution is 2.22. The average Bonchev–Trinajstić information content (AvgIpc) is 2.34. The quantitative estimate of drug-likeness (QED) is 0.868. The van der Waals surface area contributed by atoms with Gasteiger partial charge in [-0.3, -0.25) is 0 Å². The summed E-state index contributed by atoms with van der Waals surface area (Å²) in [6, 6.07) is 6.21. The molecule has 1 atom stereocenters. The molecule has 1 aromatic carbocycles. The maximum Gasteiger partial charge on any atom is 0.129 e. The Morgan fingerprint density at radius 2 is 2.00 bits per heavy atom. The summed E-state index contributed by atoms with van der Waals surface area (Å²) in [6.07, 6.45) is 0.467. The Kier molecular flexibility index (Phi) is 3.89. The zero-order valence-electron chi connectivity index (χ0n) is 9.28. The van der Waals surface area contributed by atoms with E-state index in [0.717, 1.165) is 18.2 Å². The second kappa shape index (κ2) is 5.42. The molecule has 0 aliphatic heterocycles. The largest absolute Gasteiger partial charge is 0.388 e. The number of benzene rings is 1. The molecule has 2 rings (SSSR count). The first-order valence-corrected chi connectivity index (χ1v) is 5.67. The van der Waals surface area contributed by atoms with Crippen molar-refractivity contribution in [2.75, 3.05) is 0 Å². The Bertz CT molecular complexity index is 562. The van der Waals surface area contributed by atoms with Crippen molar-refractivity contribution in [3.05, 3.63) is 64.4 Å². The third-order valence-corrected chi connectivity index (χ3v) is 2.76. The van der Waals surface area contributed by atoms with E-state index >= 15 is 0 Å². The number of rotatable bonds is 3. The summed E-state index contributed by atoms with van der Waals surface area (Å²) >= 11 is 5.69. The lowest BCUT2D eigenvalue weighted by atomic mass is 10.0. The molecule has 1 unspecified atom stereocenters. The minimum Gasteiger partial charge on any atom is -0.388 e. The van der Waals surface area contributed by atoms with Gasteiger partial charge in [0.2, 0.25) is 0 Å². The topological polar surface area (TPSA) is 33.1 Å². The number of aliphatic hydroxyl groups excluding tert-OH is 1. The Hall–Kier alpha value is -1.52. The molecule has 0 saturated carbocycles. The molecule has 0 saturated heterocycles. The molecule has 94 valence electrons. The molecule has 0 amide bonds. The average molecular weight is 270 g/mol. The van der Waals surface area contributed by atoms with Crippen LogP contribution in [-0.2, 0) is 6.42 Å². The molecule has 1 aromatic heterocycles. The number of aliphatic hydroxyl groups is 1. The van der Waals surface area contributed by atoms with Crippen LogP contribution in [0.15, 0.2) is 36.5 Å². The van der Waals surface area contributed by atoms with Crippen molar-refractivity contribution >= 4 is 11.6 Å². The zero-order chi connectivity index (χ0) is 13.1. The second-order valence-electron chi connectivity index (χ2n) is 3.87. The SMILES string of the molecule is OC(Cc1cc(F)ccc1F)c1ccnc(Cl)c1. The maximum absolute atomic E-state index is 13.4. The van der Waals surface area contributed by atoms with Crippen molar-refractivity contribution < 1.29 is 13.9 Å². The van der Waals surface area contributed by atoms with Crippen LogP contribution >= 0.6 is 11.6 Å². The van der Waals surface area contributed by atoms with Crippen LogP contribution in [0.3, 0.4) is 0 Å². The zero-order valence-corrected chi connectivity index (χ0v) is 10.0. The van der Waals surface area contributed by atoms with Crippen molar-refractivity contribution in [1.82, 2.24) is 4.98 Å². The molecule has 1 heterocycles. The summed E-state index contributed by atoms with van der Waals surface area (Å²) in [7, 11) is 0. The normalized spacial score (nSPS) is 12.4. The minimum absolute atomic E-state index is 0.0239. The maximum atomic E-state index is 13.4. The van der Waals surface area contributed by atoms with Crippen LogP contribution in [0.25, 0.3) is 0 Å². The van der Waals surface area contributed by atoms with Gasteiger partial charge in [-0.2, -0.15) is 0 Å². The van der Waals surface area contributed by atoms with E-state index in [1.807, 2.05) is 0 Å². The molecular formula is C13H10ClF2NO. The van der Waals surface area contributed by atoms with Crippen LogP contribution in [0.2, 0.25) is 5.15 Å². The van der Waals surface area contributed by atoms with Gasteiger partial charge in [0.15, 0.2) is 0 Å². The van der Waals surface area contributed by atoms with E-state index in [4.69, 9.17) is 11.6 Å². The summed E-state index contributed by atoms with van der Waals surface area (Å²) in [5.74, 6) is -1.08. The molecule has 0 aliphatic rings. The van der Waals surface area contributed by atoms with Gasteiger partial charge in [-0.05, 0) is 41.5 Å². The van der Waals surface area contributed by atoms with E-state index in [0.29, 0.717) is 5.56 Å². The Balaban J connectivity index is 2.21. The van der Waals surface area contributed by atoms with Crippen molar-refractivity contribution in [2.45, 2.75) is 12.5 Å². The summed E-state index contributed by atoms with van der Waals surface area (Å²) in [4.78, 5) is 3.78. The second-order valence-corrected chi connectivity index (χ2v) is 4.25. The van der Waals surface area contributed by atoms with Crippen LogP contribution in [0.5, 0.6) is 0 Å². The fraction of sp³-hybridized carbons (Fsp3) is 0.154. The van der Waals surface area contributed by atoms with Crippen molar-refractivity contribution in [1.29, 1.82) is 0 Å². The fourth-order valence-corrected chi connectivity index (χ4v) is 1.83. The number of nitrogens with zero attached hydrogens (tertiary/aromatic N) is 1. The molecule has 2 aromatic rings. The first kappa shape index (κ1) is 12.9. The van der Waals surface area contributed by atoms with Gasteiger partial charge in [-0.25, -0.2) is 13.8 Å². The number of halogens is 3. The van der Waals surface area contributed by atoms with Gasteiger partial charge in [0.25, 0.3) is 0 Å². The number of pyridine rings is 1. The van der Waals surface area contributed by atoms with Gasteiger partial charge in [0.05, 0.1) is 6.10 Å². The van der Waals surface area contributed by atoms with Crippen molar-refractivity contribution in [2.24, 2.45) is 0 Å². The summed E-state index contributed by atoms with van der Waals surface area (Å²) < 4.78 is 26.4. The molecule has 0 aliphatic carbocycles. The van der Waals surface area contributed by atoms with E-state index in [-0.39, 0.29) is 17.1 Å². The Morgan fingerprint density at radius 1 is 1.22 bits per heavy atom. The minimum atomic E-state index is -0.957. The van der Waals surface area contributed by atoms with Crippen LogP contribution in [-0.4, -0.2) is 10.1 Å². The third kappa shape index (κ3) is 3.03. The van der Waals surface area contributed by atoms with E-state index in [2.05, 4.69) is 4.98 Å². The lowest BCUT2D eigenvalue weighted by molar-refractivity contribution is 0.177. The Morgan fingerprint density at radius 3 is 2.72 bits per heavy atom. The first-order chi connectivity index (χ1) is 8.56. The predicted octanol–water partition coefficient (Wildman–Crippen LogP) is 3.29. The standard InChI is InChI=1S/C13H10ClF2NO/c14-13-7-8(3-4-17-13)12(18)6-9-5-10(15)1-2-11(9)16/h1-5,7,12,18H,6H2. The van der Waals surface area contributed by atoms with Gasteiger partial charge < -0.3 is 5.11 Å². The van der Waals surface area contributed by atoms with E-state index in [9.17, 15) is 13.9 Å². The summed E-state index contributed by atoms with van der Waals surface area (Å²) in [6.45, 7) is 0. The van der Waals surface area contributed by atoms with Gasteiger partial charge in [0, 0.05) is 12.6 Å². The van der Waals surface area contributed by atoms with E-state index < -0.39 is 17.7 Å². The highest BCUT2D eigenvalue weighted by Gasteiger charge is 2.13. The highest BCUT2D eigenvalue weighted by molar-refractivity contribution is 6.29. The number of hydrogen-bond donors (Lipinski definition) is 1. The molecule has 0 bridgehead atoms. The molecule has 0 fully saturated rings. The highest BCUT2D eigenvalue weighted by atomic mass is 35.5. The van der Waals surface area contributed by atoms with Crippen LogP contribution in [0, 0.1) is 11.6 Å². The fourth-order valence-electron chi connectivity index (χ4n) is 1.65. The monoisotopic (exact) mass is 269 g/mol. The van der Waals surface area contributed by atoms with Gasteiger partial charge in [-0.1, -0.05) is 11.6 Å². The van der Waals surface area contributed by atoms with E-state index in [1.165, 1.54) is 12.3 Å². The predicted molar refractivity (Wildman–Crippen MR) is 64.3 cm³/mol. The smallest absolute Gasteiger partial charge is 0.129 e. The Labute approximate surface area is 108 Å². The van der Waals surface area contributed by atoms with Crippen molar-refractivity contribution in [3.8, 4) is 0 Å². The molecule has 0 radical (unpaired) electrons.